The van der Waals surface area contributed by atoms with Crippen molar-refractivity contribution in [1.82, 2.24) is 5.32 Å². The summed E-state index contributed by atoms with van der Waals surface area (Å²) in [6.07, 6.45) is 6.68. The van der Waals surface area contributed by atoms with Crippen molar-refractivity contribution in [1.29, 1.82) is 0 Å². The quantitative estimate of drug-likeness (QED) is 0.895. The highest BCUT2D eigenvalue weighted by molar-refractivity contribution is 5.94. The molecule has 2 aliphatic rings. The van der Waals surface area contributed by atoms with E-state index in [1.54, 1.807) is 0 Å². The lowest BCUT2D eigenvalue weighted by molar-refractivity contribution is -0.116. The van der Waals surface area contributed by atoms with Crippen LogP contribution >= 0.6 is 0 Å². The molecular weight excluding hydrogens is 262 g/mol. The summed E-state index contributed by atoms with van der Waals surface area (Å²) in [4.78, 5) is 14.6. The zero-order valence-corrected chi connectivity index (χ0v) is 12.6. The molecule has 2 heterocycles. The molecule has 2 aliphatic heterocycles. The van der Waals surface area contributed by atoms with E-state index in [1.807, 2.05) is 12.1 Å². The average Bonchev–Trinajstić information content (AvgIpc) is 3.01. The first kappa shape index (κ1) is 14.4. The SMILES string of the molecule is O=C(CC1CCCN1)Nc1ccccc1N1CCCCC1. The predicted molar refractivity (Wildman–Crippen MR) is 86.8 cm³/mol. The van der Waals surface area contributed by atoms with Crippen LogP contribution in [0.2, 0.25) is 0 Å². The highest BCUT2D eigenvalue weighted by Gasteiger charge is 2.19. The van der Waals surface area contributed by atoms with E-state index in [9.17, 15) is 4.79 Å². The van der Waals surface area contributed by atoms with Crippen LogP contribution in [0.15, 0.2) is 24.3 Å². The molecule has 0 aliphatic carbocycles. The van der Waals surface area contributed by atoms with Crippen LogP contribution in [0.25, 0.3) is 0 Å². The largest absolute Gasteiger partial charge is 0.370 e. The number of rotatable bonds is 4. The summed E-state index contributed by atoms with van der Waals surface area (Å²) < 4.78 is 0. The molecule has 21 heavy (non-hydrogen) atoms. The Morgan fingerprint density at radius 2 is 2.00 bits per heavy atom. The summed E-state index contributed by atoms with van der Waals surface area (Å²) in [7, 11) is 0. The Morgan fingerprint density at radius 1 is 1.19 bits per heavy atom. The minimum absolute atomic E-state index is 0.124. The van der Waals surface area contributed by atoms with Gasteiger partial charge >= 0.3 is 0 Å². The zero-order valence-electron chi connectivity index (χ0n) is 12.6. The van der Waals surface area contributed by atoms with Crippen molar-refractivity contribution in [2.75, 3.05) is 29.9 Å². The number of carbonyl (C=O) groups is 1. The van der Waals surface area contributed by atoms with E-state index in [1.165, 1.54) is 31.4 Å². The molecule has 1 aromatic carbocycles. The van der Waals surface area contributed by atoms with E-state index in [0.29, 0.717) is 12.5 Å². The van der Waals surface area contributed by atoms with Crippen LogP contribution < -0.4 is 15.5 Å². The fourth-order valence-electron chi connectivity index (χ4n) is 3.35. The van der Waals surface area contributed by atoms with Crippen molar-refractivity contribution in [3.05, 3.63) is 24.3 Å². The number of anilines is 2. The van der Waals surface area contributed by atoms with Gasteiger partial charge in [0.2, 0.25) is 5.91 Å². The topological polar surface area (TPSA) is 44.4 Å². The standard InChI is InChI=1S/C17H25N3O/c21-17(13-14-7-6-10-18-14)19-15-8-2-3-9-16(15)20-11-4-1-5-12-20/h2-3,8-9,14,18H,1,4-7,10-13H2,(H,19,21). The maximum Gasteiger partial charge on any atom is 0.225 e. The predicted octanol–water partition coefficient (Wildman–Crippen LogP) is 2.76. The average molecular weight is 287 g/mol. The number of piperidine rings is 1. The van der Waals surface area contributed by atoms with Gasteiger partial charge in [0.25, 0.3) is 0 Å². The number of amides is 1. The molecule has 2 N–H and O–H groups in total. The molecule has 1 unspecified atom stereocenters. The highest BCUT2D eigenvalue weighted by Crippen LogP contribution is 2.28. The summed E-state index contributed by atoms with van der Waals surface area (Å²) in [6, 6.07) is 8.54. The smallest absolute Gasteiger partial charge is 0.225 e. The molecule has 1 amide bonds. The second-order valence-corrected chi connectivity index (χ2v) is 6.11. The summed E-state index contributed by atoms with van der Waals surface area (Å²) >= 11 is 0. The van der Waals surface area contributed by atoms with Gasteiger partial charge in [-0.05, 0) is 50.8 Å². The number of hydrogen-bond acceptors (Lipinski definition) is 3. The van der Waals surface area contributed by atoms with Gasteiger partial charge in [0.05, 0.1) is 11.4 Å². The summed E-state index contributed by atoms with van der Waals surface area (Å²) in [5.74, 6) is 0.124. The maximum atomic E-state index is 12.2. The first-order valence-electron chi connectivity index (χ1n) is 8.20. The van der Waals surface area contributed by atoms with Crippen LogP contribution in [0.5, 0.6) is 0 Å². The van der Waals surface area contributed by atoms with E-state index in [-0.39, 0.29) is 5.91 Å². The normalized spacial score (nSPS) is 22.3. The molecular formula is C17H25N3O. The van der Waals surface area contributed by atoms with Gasteiger partial charge in [-0.3, -0.25) is 4.79 Å². The minimum Gasteiger partial charge on any atom is -0.370 e. The van der Waals surface area contributed by atoms with Gasteiger partial charge in [-0.15, -0.1) is 0 Å². The number of carbonyl (C=O) groups excluding carboxylic acids is 1. The van der Waals surface area contributed by atoms with Gasteiger partial charge in [-0.1, -0.05) is 12.1 Å². The molecule has 0 radical (unpaired) electrons. The van der Waals surface area contributed by atoms with Crippen molar-refractivity contribution in [3.63, 3.8) is 0 Å². The molecule has 0 aromatic heterocycles. The summed E-state index contributed by atoms with van der Waals surface area (Å²) in [5, 5.41) is 6.49. The molecule has 1 atom stereocenters. The molecule has 1 aromatic rings. The Balaban J connectivity index is 1.65. The molecule has 0 saturated carbocycles. The molecule has 4 nitrogen and oxygen atoms in total. The molecule has 114 valence electrons. The van der Waals surface area contributed by atoms with Crippen LogP contribution in [0.1, 0.15) is 38.5 Å². The summed E-state index contributed by atoms with van der Waals surface area (Å²) in [5.41, 5.74) is 2.13. The Hall–Kier alpha value is -1.55. The Morgan fingerprint density at radius 3 is 2.76 bits per heavy atom. The molecule has 0 bridgehead atoms. The second kappa shape index (κ2) is 6.94. The van der Waals surface area contributed by atoms with Gasteiger partial charge < -0.3 is 15.5 Å². The number of nitrogens with one attached hydrogen (secondary N) is 2. The summed E-state index contributed by atoms with van der Waals surface area (Å²) in [6.45, 7) is 3.23. The first-order valence-corrected chi connectivity index (χ1v) is 8.20. The third kappa shape index (κ3) is 3.76. The molecule has 4 heteroatoms. The van der Waals surface area contributed by atoms with Crippen LogP contribution in [0.3, 0.4) is 0 Å². The van der Waals surface area contributed by atoms with E-state index in [4.69, 9.17) is 0 Å². The maximum absolute atomic E-state index is 12.2. The van der Waals surface area contributed by atoms with E-state index >= 15 is 0 Å². The third-order valence-corrected chi connectivity index (χ3v) is 4.47. The molecule has 2 fully saturated rings. The molecule has 0 spiro atoms. The lowest BCUT2D eigenvalue weighted by Gasteiger charge is -2.30. The van der Waals surface area contributed by atoms with E-state index in [0.717, 1.165) is 31.7 Å². The Kier molecular flexibility index (Phi) is 4.76. The Labute approximate surface area is 126 Å². The van der Waals surface area contributed by atoms with Crippen molar-refractivity contribution in [3.8, 4) is 0 Å². The second-order valence-electron chi connectivity index (χ2n) is 6.11. The first-order chi connectivity index (χ1) is 10.3. The fourth-order valence-corrected chi connectivity index (χ4v) is 3.35. The monoisotopic (exact) mass is 287 g/mol. The van der Waals surface area contributed by atoms with Gasteiger partial charge in [0.15, 0.2) is 0 Å². The van der Waals surface area contributed by atoms with Gasteiger partial charge in [-0.25, -0.2) is 0 Å². The Bertz CT molecular complexity index is 477. The van der Waals surface area contributed by atoms with Crippen molar-refractivity contribution < 1.29 is 4.79 Å². The lowest BCUT2D eigenvalue weighted by atomic mass is 10.1. The highest BCUT2D eigenvalue weighted by atomic mass is 16.1. The van der Waals surface area contributed by atoms with E-state index in [2.05, 4.69) is 27.7 Å². The lowest BCUT2D eigenvalue weighted by Crippen LogP contribution is -2.31. The van der Waals surface area contributed by atoms with Gasteiger partial charge in [0.1, 0.15) is 0 Å². The van der Waals surface area contributed by atoms with Crippen LogP contribution in [-0.2, 0) is 4.79 Å². The van der Waals surface area contributed by atoms with Crippen LogP contribution in [0, 0.1) is 0 Å². The third-order valence-electron chi connectivity index (χ3n) is 4.47. The number of hydrogen-bond donors (Lipinski definition) is 2. The molecule has 3 rings (SSSR count). The fraction of sp³-hybridized carbons (Fsp3) is 0.588. The minimum atomic E-state index is 0.124. The number of para-hydroxylation sites is 2. The number of benzene rings is 1. The number of nitrogens with zero attached hydrogens (tertiary/aromatic N) is 1. The van der Waals surface area contributed by atoms with Gasteiger partial charge in [-0.2, -0.15) is 0 Å². The van der Waals surface area contributed by atoms with E-state index < -0.39 is 0 Å². The van der Waals surface area contributed by atoms with Crippen molar-refractivity contribution in [2.24, 2.45) is 0 Å². The van der Waals surface area contributed by atoms with Crippen molar-refractivity contribution in [2.45, 2.75) is 44.6 Å². The van der Waals surface area contributed by atoms with Crippen LogP contribution in [0.4, 0.5) is 11.4 Å². The van der Waals surface area contributed by atoms with Crippen molar-refractivity contribution >= 4 is 17.3 Å². The van der Waals surface area contributed by atoms with Gasteiger partial charge in [0, 0.05) is 25.6 Å². The van der Waals surface area contributed by atoms with Crippen LogP contribution in [-0.4, -0.2) is 31.6 Å². The molecule has 2 saturated heterocycles. The zero-order chi connectivity index (χ0) is 14.5.